The van der Waals surface area contributed by atoms with Gasteiger partial charge in [-0.1, -0.05) is 5.57 Å². The molecule has 1 aliphatic rings. The number of aliphatic imine (C=N–C) groups is 1. The van der Waals surface area contributed by atoms with E-state index in [1.807, 2.05) is 32.9 Å². The van der Waals surface area contributed by atoms with Crippen LogP contribution in [0.5, 0.6) is 0 Å². The summed E-state index contributed by atoms with van der Waals surface area (Å²) in [5.41, 5.74) is 9.61. The van der Waals surface area contributed by atoms with Crippen molar-refractivity contribution in [3.8, 4) is 11.3 Å². The van der Waals surface area contributed by atoms with Crippen LogP contribution in [0.2, 0.25) is 0 Å². The fourth-order valence-corrected chi connectivity index (χ4v) is 3.74. The molecule has 9 heteroatoms. The molecule has 4 heterocycles. The maximum Gasteiger partial charge on any atom is 0.254 e. The molecule has 1 aliphatic heterocycles. The first-order chi connectivity index (χ1) is 15.2. The van der Waals surface area contributed by atoms with Gasteiger partial charge in [-0.2, -0.15) is 5.10 Å². The number of fused-ring (bicyclic) bond motifs is 1. The van der Waals surface area contributed by atoms with Gasteiger partial charge in [0.1, 0.15) is 5.82 Å². The molecule has 0 saturated heterocycles. The van der Waals surface area contributed by atoms with Gasteiger partial charge in [-0.15, -0.1) is 0 Å². The van der Waals surface area contributed by atoms with Gasteiger partial charge in [0.25, 0.3) is 11.8 Å². The molecule has 0 spiro atoms. The molecule has 3 aromatic rings. The number of nitrogens with zero attached hydrogens (tertiary/aromatic N) is 5. The third-order valence-corrected chi connectivity index (χ3v) is 5.42. The van der Waals surface area contributed by atoms with Crippen molar-refractivity contribution in [2.24, 2.45) is 10.9 Å². The Morgan fingerprint density at radius 3 is 2.69 bits per heavy atom. The molecule has 9 nitrogen and oxygen atoms in total. The summed E-state index contributed by atoms with van der Waals surface area (Å²) in [5, 5.41) is 7.96. The van der Waals surface area contributed by atoms with Gasteiger partial charge in [0, 0.05) is 30.1 Å². The topological polar surface area (TPSA) is 128 Å². The minimum atomic E-state index is -0.473. The zero-order chi connectivity index (χ0) is 23.0. The van der Waals surface area contributed by atoms with Gasteiger partial charge in [-0.25, -0.2) is 19.6 Å². The van der Waals surface area contributed by atoms with Crippen LogP contribution in [0.15, 0.2) is 47.2 Å². The van der Waals surface area contributed by atoms with E-state index >= 15 is 0 Å². The maximum absolute atomic E-state index is 13.2. The van der Waals surface area contributed by atoms with E-state index in [2.05, 4.69) is 20.4 Å². The Hall–Kier alpha value is -3.88. The van der Waals surface area contributed by atoms with Gasteiger partial charge in [-0.05, 0) is 52.0 Å². The number of rotatable bonds is 5. The van der Waals surface area contributed by atoms with E-state index in [1.54, 1.807) is 36.1 Å². The van der Waals surface area contributed by atoms with Crippen molar-refractivity contribution in [2.45, 2.75) is 33.7 Å². The number of hydrogen-bond donors (Lipinski definition) is 2. The number of pyridine rings is 2. The average Bonchev–Trinajstić information content (AvgIpc) is 3.17. The Labute approximate surface area is 185 Å². The summed E-state index contributed by atoms with van der Waals surface area (Å²) < 4.78 is 1.77. The minimum absolute atomic E-state index is 0.0597. The number of carbonyl (C=O) groups excluding carboxylic acids is 2. The lowest BCUT2D eigenvalue weighted by atomic mass is 9.95. The SMILES string of the molecule is CC1=CC(C)=NC(=O)C1CNC(=O)c1cc(-c2ccc(N)nc2)nc2c1cnn2C(C)C. The third kappa shape index (κ3) is 4.01. The molecular weight excluding hydrogens is 406 g/mol. The molecule has 0 fully saturated rings. The molecule has 4 rings (SSSR count). The molecule has 1 atom stereocenters. The number of nitrogens with one attached hydrogen (secondary N) is 1. The lowest BCUT2D eigenvalue weighted by Crippen LogP contribution is -2.34. The van der Waals surface area contributed by atoms with Crippen molar-refractivity contribution in [1.82, 2.24) is 25.1 Å². The van der Waals surface area contributed by atoms with Crippen LogP contribution in [0.4, 0.5) is 5.82 Å². The zero-order valence-electron chi connectivity index (χ0n) is 18.5. The zero-order valence-corrected chi connectivity index (χ0v) is 18.5. The molecule has 32 heavy (non-hydrogen) atoms. The van der Waals surface area contributed by atoms with Crippen LogP contribution in [-0.2, 0) is 4.79 Å². The van der Waals surface area contributed by atoms with Gasteiger partial charge < -0.3 is 11.1 Å². The Bertz CT molecular complexity index is 1270. The van der Waals surface area contributed by atoms with E-state index in [0.717, 1.165) is 11.1 Å². The van der Waals surface area contributed by atoms with Crippen LogP contribution in [-0.4, -0.2) is 43.8 Å². The van der Waals surface area contributed by atoms with Crippen molar-refractivity contribution < 1.29 is 9.59 Å². The summed E-state index contributed by atoms with van der Waals surface area (Å²) in [4.78, 5) is 38.4. The average molecular weight is 432 g/mol. The van der Waals surface area contributed by atoms with Crippen LogP contribution in [0, 0.1) is 5.92 Å². The normalized spacial score (nSPS) is 16.3. The Morgan fingerprint density at radius 2 is 2.03 bits per heavy atom. The first-order valence-electron chi connectivity index (χ1n) is 10.4. The Balaban J connectivity index is 1.70. The van der Waals surface area contributed by atoms with Crippen LogP contribution in [0.25, 0.3) is 22.3 Å². The molecule has 0 bridgehead atoms. The summed E-state index contributed by atoms with van der Waals surface area (Å²) in [6.45, 7) is 7.81. The van der Waals surface area contributed by atoms with Gasteiger partial charge in [0.05, 0.1) is 28.8 Å². The Morgan fingerprint density at radius 1 is 1.25 bits per heavy atom. The number of nitrogens with two attached hydrogens (primary N) is 1. The fourth-order valence-electron chi connectivity index (χ4n) is 3.74. The lowest BCUT2D eigenvalue weighted by molar-refractivity contribution is -0.120. The number of aromatic nitrogens is 4. The number of dihydropyridines is 1. The largest absolute Gasteiger partial charge is 0.384 e. The van der Waals surface area contributed by atoms with Crippen LogP contribution >= 0.6 is 0 Å². The predicted octanol–water partition coefficient (Wildman–Crippen LogP) is 2.95. The second-order valence-corrected chi connectivity index (χ2v) is 8.19. The highest BCUT2D eigenvalue weighted by Gasteiger charge is 2.25. The number of nitrogen functional groups attached to an aromatic ring is 1. The van der Waals surface area contributed by atoms with Crippen molar-refractivity contribution >= 4 is 34.4 Å². The molecule has 2 amide bonds. The second-order valence-electron chi connectivity index (χ2n) is 8.19. The summed E-state index contributed by atoms with van der Waals surface area (Å²) in [7, 11) is 0. The van der Waals surface area contributed by atoms with Crippen LogP contribution < -0.4 is 11.1 Å². The van der Waals surface area contributed by atoms with Gasteiger partial charge in [0.2, 0.25) is 0 Å². The summed E-state index contributed by atoms with van der Waals surface area (Å²) >= 11 is 0. The molecule has 1 unspecified atom stereocenters. The number of carbonyl (C=O) groups is 2. The van der Waals surface area contributed by atoms with Gasteiger partial charge >= 0.3 is 0 Å². The molecule has 0 radical (unpaired) electrons. The summed E-state index contributed by atoms with van der Waals surface area (Å²) in [6.07, 6.45) is 5.13. The van der Waals surface area contributed by atoms with Crippen molar-refractivity contribution in [3.05, 3.63) is 47.8 Å². The maximum atomic E-state index is 13.2. The van der Waals surface area contributed by atoms with E-state index in [4.69, 9.17) is 10.7 Å². The van der Waals surface area contributed by atoms with E-state index in [1.165, 1.54) is 0 Å². The van der Waals surface area contributed by atoms with E-state index in [-0.39, 0.29) is 24.4 Å². The van der Waals surface area contributed by atoms with Gasteiger partial charge in [0.15, 0.2) is 5.65 Å². The van der Waals surface area contributed by atoms with E-state index < -0.39 is 5.92 Å². The molecular formula is C23H25N7O2. The standard InChI is InChI=1S/C23H25N7O2/c1-12(2)30-21-18(11-27-30)16(8-19(29-21)15-5-6-20(24)25-9-15)22(31)26-10-17-13(3)7-14(4)28-23(17)32/h5-9,11-12,17H,10H2,1-4H3,(H2,24,25)(H,26,31). The first-order valence-corrected chi connectivity index (χ1v) is 10.4. The predicted molar refractivity (Wildman–Crippen MR) is 123 cm³/mol. The quantitative estimate of drug-likeness (QED) is 0.639. The summed E-state index contributed by atoms with van der Waals surface area (Å²) in [5.74, 6) is -0.626. The van der Waals surface area contributed by atoms with Gasteiger partial charge in [-0.3, -0.25) is 9.59 Å². The van der Waals surface area contributed by atoms with Crippen molar-refractivity contribution in [2.75, 3.05) is 12.3 Å². The molecule has 0 aliphatic carbocycles. The summed E-state index contributed by atoms with van der Waals surface area (Å²) in [6, 6.07) is 5.27. The molecule has 0 saturated carbocycles. The number of allylic oxidation sites excluding steroid dienone is 1. The van der Waals surface area contributed by atoms with E-state index in [9.17, 15) is 9.59 Å². The molecule has 164 valence electrons. The monoisotopic (exact) mass is 431 g/mol. The highest BCUT2D eigenvalue weighted by Crippen LogP contribution is 2.26. The van der Waals surface area contributed by atoms with Crippen molar-refractivity contribution in [3.63, 3.8) is 0 Å². The first kappa shape index (κ1) is 21.4. The van der Waals surface area contributed by atoms with Crippen molar-refractivity contribution in [1.29, 1.82) is 0 Å². The number of amides is 2. The Kier molecular flexibility index (Phi) is 5.56. The van der Waals surface area contributed by atoms with E-state index in [0.29, 0.717) is 33.8 Å². The minimum Gasteiger partial charge on any atom is -0.384 e. The lowest BCUT2D eigenvalue weighted by Gasteiger charge is -2.19. The molecule has 3 N–H and O–H groups in total. The second kappa shape index (κ2) is 8.33. The number of anilines is 1. The molecule has 3 aromatic heterocycles. The third-order valence-electron chi connectivity index (χ3n) is 5.42. The smallest absolute Gasteiger partial charge is 0.254 e. The highest BCUT2D eigenvalue weighted by atomic mass is 16.2. The fraction of sp³-hybridized carbons (Fsp3) is 0.304. The molecule has 0 aromatic carbocycles. The van der Waals surface area contributed by atoms with Crippen LogP contribution in [0.1, 0.15) is 44.1 Å². The van der Waals surface area contributed by atoms with Crippen LogP contribution in [0.3, 0.4) is 0 Å². The number of hydrogen-bond acceptors (Lipinski definition) is 6. The highest BCUT2D eigenvalue weighted by molar-refractivity contribution is 6.08.